The number of fused-ring (bicyclic) bond motifs is 10. The highest BCUT2D eigenvalue weighted by atomic mass is 32.1. The van der Waals surface area contributed by atoms with Crippen LogP contribution in [0, 0.1) is 0 Å². The lowest BCUT2D eigenvalue weighted by molar-refractivity contribution is 0.669. The molecule has 0 aliphatic rings. The Morgan fingerprint density at radius 3 is 1.84 bits per heavy atom. The SMILES string of the molecule is c1ccc(-c2cccc(-c3nc(-c4ccccc4)nc(-c4ccc5c(c4)oc4cccc(-n6c7ccccc7c7ccc8c9ccccc9sc8c76)c45)n3)c2)cc1. The average Bonchev–Trinajstić information content (AvgIpc) is 3.96. The van der Waals surface area contributed by atoms with Crippen molar-refractivity contribution in [2.75, 3.05) is 0 Å². The molecule has 0 fully saturated rings. The maximum atomic E-state index is 6.73. The van der Waals surface area contributed by atoms with E-state index in [0.29, 0.717) is 17.5 Å². The summed E-state index contributed by atoms with van der Waals surface area (Å²) in [5, 5.41) is 7.14. The first kappa shape index (κ1) is 31.9. The van der Waals surface area contributed by atoms with Crippen LogP contribution in [0.15, 0.2) is 186 Å². The predicted molar refractivity (Wildman–Crippen MR) is 236 cm³/mol. The number of para-hydroxylation sites is 1. The molecule has 0 saturated heterocycles. The molecule has 0 aliphatic heterocycles. The van der Waals surface area contributed by atoms with Gasteiger partial charge in [-0.25, -0.2) is 15.0 Å². The van der Waals surface area contributed by atoms with Crippen LogP contribution in [0.1, 0.15) is 0 Å². The summed E-state index contributed by atoms with van der Waals surface area (Å²) in [6, 6.07) is 63.6. The Balaban J connectivity index is 1.06. The van der Waals surface area contributed by atoms with Gasteiger partial charge in [-0.2, -0.15) is 0 Å². The van der Waals surface area contributed by atoms with Gasteiger partial charge in [0.15, 0.2) is 17.5 Å². The molecule has 0 unspecified atom stereocenters. The van der Waals surface area contributed by atoms with Crippen molar-refractivity contribution in [2.45, 2.75) is 0 Å². The molecule has 4 heterocycles. The number of aromatic nitrogens is 4. The number of hydrogen-bond donors (Lipinski definition) is 0. The maximum absolute atomic E-state index is 6.73. The van der Waals surface area contributed by atoms with Crippen LogP contribution in [0.2, 0.25) is 0 Å². The van der Waals surface area contributed by atoms with Crippen LogP contribution >= 0.6 is 11.3 Å². The van der Waals surface area contributed by atoms with Gasteiger partial charge in [-0.1, -0.05) is 140 Å². The fourth-order valence-electron chi connectivity index (χ4n) is 8.43. The van der Waals surface area contributed by atoms with Gasteiger partial charge in [0.25, 0.3) is 0 Å². The summed E-state index contributed by atoms with van der Waals surface area (Å²) in [6.07, 6.45) is 0. The van der Waals surface area contributed by atoms with E-state index in [4.69, 9.17) is 19.4 Å². The molecule has 0 radical (unpaired) electrons. The van der Waals surface area contributed by atoms with Crippen LogP contribution in [0.25, 0.3) is 115 Å². The Morgan fingerprint density at radius 2 is 1.02 bits per heavy atom. The second kappa shape index (κ2) is 12.6. The van der Waals surface area contributed by atoms with Gasteiger partial charge in [-0.3, -0.25) is 0 Å². The lowest BCUT2D eigenvalue weighted by Crippen LogP contribution is -2.00. The highest BCUT2D eigenvalue weighted by Gasteiger charge is 2.22. The van der Waals surface area contributed by atoms with E-state index in [0.717, 1.165) is 55.4 Å². The first-order valence-corrected chi connectivity index (χ1v) is 19.8. The third-order valence-corrected chi connectivity index (χ3v) is 12.2. The fraction of sp³-hybridized carbons (Fsp3) is 0. The monoisotopic (exact) mass is 746 g/mol. The molecule has 57 heavy (non-hydrogen) atoms. The van der Waals surface area contributed by atoms with E-state index in [9.17, 15) is 0 Å². The van der Waals surface area contributed by atoms with Crippen molar-refractivity contribution in [3.8, 4) is 51.0 Å². The van der Waals surface area contributed by atoms with Crippen molar-refractivity contribution in [1.29, 1.82) is 0 Å². The highest BCUT2D eigenvalue weighted by molar-refractivity contribution is 7.26. The Morgan fingerprint density at radius 1 is 0.404 bits per heavy atom. The second-order valence-electron chi connectivity index (χ2n) is 14.4. The molecule has 266 valence electrons. The Bertz CT molecular complexity index is 3530. The summed E-state index contributed by atoms with van der Waals surface area (Å²) in [4.78, 5) is 15.2. The van der Waals surface area contributed by atoms with Gasteiger partial charge < -0.3 is 8.98 Å². The Labute approximate surface area is 330 Å². The van der Waals surface area contributed by atoms with Crippen molar-refractivity contribution >= 4 is 75.3 Å². The highest BCUT2D eigenvalue weighted by Crippen LogP contribution is 2.45. The smallest absolute Gasteiger partial charge is 0.164 e. The minimum Gasteiger partial charge on any atom is -0.456 e. The van der Waals surface area contributed by atoms with Gasteiger partial charge in [0.05, 0.1) is 26.8 Å². The summed E-state index contributed by atoms with van der Waals surface area (Å²) in [6.45, 7) is 0. The van der Waals surface area contributed by atoms with Gasteiger partial charge in [-0.05, 0) is 53.6 Å². The number of benzene rings is 8. The fourth-order valence-corrected chi connectivity index (χ4v) is 9.67. The van der Waals surface area contributed by atoms with Crippen LogP contribution < -0.4 is 0 Å². The van der Waals surface area contributed by atoms with Gasteiger partial charge in [0.2, 0.25) is 0 Å². The summed E-state index contributed by atoms with van der Waals surface area (Å²) in [7, 11) is 0. The molecule has 12 rings (SSSR count). The molecule has 8 aromatic carbocycles. The summed E-state index contributed by atoms with van der Waals surface area (Å²) in [5.74, 6) is 1.82. The zero-order chi connectivity index (χ0) is 37.5. The lowest BCUT2D eigenvalue weighted by Gasteiger charge is -2.11. The van der Waals surface area contributed by atoms with Crippen molar-refractivity contribution < 1.29 is 4.42 Å². The van der Waals surface area contributed by atoms with E-state index < -0.39 is 0 Å². The second-order valence-corrected chi connectivity index (χ2v) is 15.4. The van der Waals surface area contributed by atoms with Crippen molar-refractivity contribution in [3.63, 3.8) is 0 Å². The van der Waals surface area contributed by atoms with E-state index in [1.807, 2.05) is 47.7 Å². The zero-order valence-electron chi connectivity index (χ0n) is 30.4. The van der Waals surface area contributed by atoms with Crippen molar-refractivity contribution in [3.05, 3.63) is 182 Å². The molecule has 4 aromatic heterocycles. The molecule has 0 aliphatic carbocycles. The van der Waals surface area contributed by atoms with E-state index in [1.54, 1.807) is 0 Å². The first-order valence-electron chi connectivity index (χ1n) is 19.0. The molecular formula is C51H30N4OS. The molecule has 0 saturated carbocycles. The normalized spacial score (nSPS) is 11.9. The van der Waals surface area contributed by atoms with Crippen molar-refractivity contribution in [1.82, 2.24) is 19.5 Å². The third-order valence-electron chi connectivity index (χ3n) is 11.0. The van der Waals surface area contributed by atoms with Crippen molar-refractivity contribution in [2.24, 2.45) is 0 Å². The third kappa shape index (κ3) is 5.04. The van der Waals surface area contributed by atoms with Gasteiger partial charge >= 0.3 is 0 Å². The number of nitrogens with zero attached hydrogens (tertiary/aromatic N) is 4. The van der Waals surface area contributed by atoms with Gasteiger partial charge in [0.1, 0.15) is 11.2 Å². The minimum atomic E-state index is 0.584. The zero-order valence-corrected chi connectivity index (χ0v) is 31.2. The number of rotatable bonds is 5. The number of hydrogen-bond acceptors (Lipinski definition) is 5. The topological polar surface area (TPSA) is 56.7 Å². The Hall–Kier alpha value is -7.41. The van der Waals surface area contributed by atoms with E-state index in [-0.39, 0.29) is 0 Å². The standard InChI is InChI=1S/C51H30N4OS/c1-3-13-31(14-4-1)33-17-11-18-34(29-33)50-52-49(32-15-5-2-6-16-32)53-51(54-50)35-25-26-40-44(30-35)56-43-23-12-22-42(46(40)43)55-41-21-9-7-19-36(41)38-27-28-39-37-20-8-10-24-45(37)57-48(39)47(38)55/h1-30H. The van der Waals surface area contributed by atoms with Crippen LogP contribution in [0.4, 0.5) is 0 Å². The molecule has 0 spiro atoms. The molecule has 5 nitrogen and oxygen atoms in total. The molecule has 6 heteroatoms. The number of thiophene rings is 1. The first-order chi connectivity index (χ1) is 28.2. The summed E-state index contributed by atoms with van der Waals surface area (Å²) in [5.41, 5.74) is 10.0. The quantitative estimate of drug-likeness (QED) is 0.176. The van der Waals surface area contributed by atoms with Crippen LogP contribution in [0.3, 0.4) is 0 Å². The Kier molecular flexibility index (Phi) is 7.03. The lowest BCUT2D eigenvalue weighted by atomic mass is 10.0. The molecular weight excluding hydrogens is 717 g/mol. The molecule has 12 aromatic rings. The van der Waals surface area contributed by atoms with E-state index >= 15 is 0 Å². The van der Waals surface area contributed by atoms with Crippen LogP contribution in [0.5, 0.6) is 0 Å². The van der Waals surface area contributed by atoms with Gasteiger partial charge in [-0.15, -0.1) is 11.3 Å². The van der Waals surface area contributed by atoms with E-state index in [1.165, 1.54) is 42.0 Å². The average molecular weight is 747 g/mol. The molecule has 0 N–H and O–H groups in total. The summed E-state index contributed by atoms with van der Waals surface area (Å²) >= 11 is 1.86. The molecule has 0 amide bonds. The predicted octanol–water partition coefficient (Wildman–Crippen LogP) is 13.9. The summed E-state index contributed by atoms with van der Waals surface area (Å²) < 4.78 is 11.7. The molecule has 0 bridgehead atoms. The minimum absolute atomic E-state index is 0.584. The maximum Gasteiger partial charge on any atom is 0.164 e. The number of furan rings is 1. The van der Waals surface area contributed by atoms with E-state index in [2.05, 4.69) is 150 Å². The van der Waals surface area contributed by atoms with Gasteiger partial charge in [0, 0.05) is 48.3 Å². The largest absolute Gasteiger partial charge is 0.456 e. The van der Waals surface area contributed by atoms with Crippen LogP contribution in [-0.2, 0) is 0 Å². The molecule has 0 atom stereocenters. The van der Waals surface area contributed by atoms with Crippen LogP contribution in [-0.4, -0.2) is 19.5 Å².